The predicted molar refractivity (Wildman–Crippen MR) is 72.1 cm³/mol. The van der Waals surface area contributed by atoms with E-state index in [-0.39, 0.29) is 5.56 Å². The molecular formula is C14H19N3O. The van der Waals surface area contributed by atoms with Gasteiger partial charge in [-0.25, -0.2) is 0 Å². The lowest BCUT2D eigenvalue weighted by Gasteiger charge is -2.09. The number of aromatic nitrogens is 3. The van der Waals surface area contributed by atoms with E-state index in [2.05, 4.69) is 18.9 Å². The SMILES string of the molecule is Cc1cc(-n2cccc(CC(C)C)c2=O)n(C)n1. The van der Waals surface area contributed by atoms with Gasteiger partial charge in [-0.15, -0.1) is 0 Å². The molecule has 0 saturated heterocycles. The molecule has 0 spiro atoms. The summed E-state index contributed by atoms with van der Waals surface area (Å²) in [6, 6.07) is 5.74. The molecule has 0 unspecified atom stereocenters. The Morgan fingerprint density at radius 3 is 2.67 bits per heavy atom. The van der Waals surface area contributed by atoms with Crippen molar-refractivity contribution >= 4 is 0 Å². The van der Waals surface area contributed by atoms with E-state index in [4.69, 9.17) is 0 Å². The predicted octanol–water partition coefficient (Wildman–Crippen LogP) is 2.08. The maximum atomic E-state index is 12.4. The molecule has 0 atom stereocenters. The number of pyridine rings is 1. The van der Waals surface area contributed by atoms with Crippen molar-refractivity contribution in [2.75, 3.05) is 0 Å². The van der Waals surface area contributed by atoms with E-state index in [1.807, 2.05) is 32.2 Å². The third-order valence-corrected chi connectivity index (χ3v) is 2.88. The summed E-state index contributed by atoms with van der Waals surface area (Å²) < 4.78 is 3.40. The Hall–Kier alpha value is -1.84. The van der Waals surface area contributed by atoms with Crippen LogP contribution in [0.1, 0.15) is 25.1 Å². The van der Waals surface area contributed by atoms with Gasteiger partial charge in [0.15, 0.2) is 0 Å². The first-order valence-corrected chi connectivity index (χ1v) is 6.20. The summed E-state index contributed by atoms with van der Waals surface area (Å²) in [6.45, 7) is 6.16. The van der Waals surface area contributed by atoms with Gasteiger partial charge < -0.3 is 0 Å². The molecule has 4 heteroatoms. The van der Waals surface area contributed by atoms with E-state index < -0.39 is 0 Å². The minimum atomic E-state index is 0.0502. The Morgan fingerprint density at radius 1 is 1.39 bits per heavy atom. The van der Waals surface area contributed by atoms with E-state index in [9.17, 15) is 4.79 Å². The fourth-order valence-electron chi connectivity index (χ4n) is 2.14. The van der Waals surface area contributed by atoms with Crippen LogP contribution in [0.2, 0.25) is 0 Å². The van der Waals surface area contributed by atoms with Crippen LogP contribution in [0.5, 0.6) is 0 Å². The van der Waals surface area contributed by atoms with Crippen molar-refractivity contribution in [2.45, 2.75) is 27.2 Å². The first-order valence-electron chi connectivity index (χ1n) is 6.20. The Kier molecular flexibility index (Phi) is 3.36. The Balaban J connectivity index is 2.53. The number of hydrogen-bond acceptors (Lipinski definition) is 2. The molecule has 0 aromatic carbocycles. The zero-order valence-corrected chi connectivity index (χ0v) is 11.3. The lowest BCUT2D eigenvalue weighted by molar-refractivity contribution is 0.636. The molecule has 0 aliphatic carbocycles. The van der Waals surface area contributed by atoms with Crippen LogP contribution in [0.3, 0.4) is 0 Å². The maximum absolute atomic E-state index is 12.4. The van der Waals surface area contributed by atoms with Crippen molar-refractivity contribution < 1.29 is 0 Å². The first kappa shape index (κ1) is 12.6. The van der Waals surface area contributed by atoms with Crippen molar-refractivity contribution in [1.82, 2.24) is 14.3 Å². The molecule has 0 saturated carbocycles. The second-order valence-electron chi connectivity index (χ2n) is 5.07. The second kappa shape index (κ2) is 4.80. The molecule has 96 valence electrons. The van der Waals surface area contributed by atoms with Crippen LogP contribution in [0.25, 0.3) is 5.82 Å². The Labute approximate surface area is 107 Å². The van der Waals surface area contributed by atoms with Crippen LogP contribution in [-0.4, -0.2) is 14.3 Å². The van der Waals surface area contributed by atoms with Crippen molar-refractivity contribution in [2.24, 2.45) is 13.0 Å². The summed E-state index contributed by atoms with van der Waals surface area (Å²) in [4.78, 5) is 12.4. The summed E-state index contributed by atoms with van der Waals surface area (Å²) in [5, 5.41) is 4.28. The maximum Gasteiger partial charge on any atom is 0.259 e. The van der Waals surface area contributed by atoms with Gasteiger partial charge in [-0.1, -0.05) is 19.9 Å². The molecule has 0 aliphatic rings. The van der Waals surface area contributed by atoms with Gasteiger partial charge in [-0.3, -0.25) is 14.0 Å². The quantitative estimate of drug-likeness (QED) is 0.830. The van der Waals surface area contributed by atoms with Crippen molar-refractivity contribution in [3.8, 4) is 5.82 Å². The van der Waals surface area contributed by atoms with Crippen LogP contribution in [0.15, 0.2) is 29.2 Å². The Morgan fingerprint density at radius 2 is 2.11 bits per heavy atom. The van der Waals surface area contributed by atoms with Gasteiger partial charge in [0, 0.05) is 24.9 Å². The highest BCUT2D eigenvalue weighted by molar-refractivity contribution is 5.28. The summed E-state index contributed by atoms with van der Waals surface area (Å²) >= 11 is 0. The molecule has 0 N–H and O–H groups in total. The normalized spacial score (nSPS) is 11.2. The third kappa shape index (κ3) is 2.37. The van der Waals surface area contributed by atoms with E-state index in [1.54, 1.807) is 15.4 Å². The van der Waals surface area contributed by atoms with E-state index in [0.29, 0.717) is 5.92 Å². The minimum Gasteiger partial charge on any atom is -0.269 e. The summed E-state index contributed by atoms with van der Waals surface area (Å²) in [5.74, 6) is 1.28. The van der Waals surface area contributed by atoms with Crippen LogP contribution in [0.4, 0.5) is 0 Å². The fraction of sp³-hybridized carbons (Fsp3) is 0.429. The van der Waals surface area contributed by atoms with E-state index in [0.717, 1.165) is 23.5 Å². The van der Waals surface area contributed by atoms with Crippen molar-refractivity contribution in [3.63, 3.8) is 0 Å². The number of rotatable bonds is 3. The third-order valence-electron chi connectivity index (χ3n) is 2.88. The zero-order valence-electron chi connectivity index (χ0n) is 11.3. The van der Waals surface area contributed by atoms with Gasteiger partial charge in [0.25, 0.3) is 5.56 Å². The highest BCUT2D eigenvalue weighted by Gasteiger charge is 2.09. The van der Waals surface area contributed by atoms with Gasteiger partial charge in [-0.05, 0) is 25.3 Å². The lowest BCUT2D eigenvalue weighted by atomic mass is 10.0. The number of aryl methyl sites for hydroxylation is 2. The number of hydrogen-bond donors (Lipinski definition) is 0. The second-order valence-corrected chi connectivity index (χ2v) is 5.07. The summed E-state index contributed by atoms with van der Waals surface area (Å²) in [7, 11) is 1.85. The highest BCUT2D eigenvalue weighted by atomic mass is 16.1. The largest absolute Gasteiger partial charge is 0.269 e. The molecule has 18 heavy (non-hydrogen) atoms. The van der Waals surface area contributed by atoms with Crippen LogP contribution in [-0.2, 0) is 13.5 Å². The molecule has 2 aromatic rings. The van der Waals surface area contributed by atoms with Gasteiger partial charge >= 0.3 is 0 Å². The molecule has 0 radical (unpaired) electrons. The summed E-state index contributed by atoms with van der Waals surface area (Å²) in [5.41, 5.74) is 1.81. The number of nitrogens with zero attached hydrogens (tertiary/aromatic N) is 3. The van der Waals surface area contributed by atoms with Crippen molar-refractivity contribution in [1.29, 1.82) is 0 Å². The van der Waals surface area contributed by atoms with Crippen LogP contribution < -0.4 is 5.56 Å². The van der Waals surface area contributed by atoms with E-state index >= 15 is 0 Å². The van der Waals surface area contributed by atoms with Crippen LogP contribution in [0, 0.1) is 12.8 Å². The average Bonchev–Trinajstić information content (AvgIpc) is 2.60. The minimum absolute atomic E-state index is 0.0502. The molecular weight excluding hydrogens is 226 g/mol. The Bertz CT molecular complexity index is 608. The molecule has 0 amide bonds. The standard InChI is InChI=1S/C14H19N3O/c1-10(2)8-12-6-5-7-17(14(12)18)13-9-11(3)15-16(13)4/h5-7,9-10H,8H2,1-4H3. The average molecular weight is 245 g/mol. The zero-order chi connectivity index (χ0) is 13.3. The molecule has 2 heterocycles. The van der Waals surface area contributed by atoms with E-state index in [1.165, 1.54) is 0 Å². The smallest absolute Gasteiger partial charge is 0.259 e. The van der Waals surface area contributed by atoms with Gasteiger partial charge in [0.1, 0.15) is 5.82 Å². The highest BCUT2D eigenvalue weighted by Crippen LogP contribution is 2.08. The topological polar surface area (TPSA) is 39.8 Å². The van der Waals surface area contributed by atoms with Gasteiger partial charge in [0.05, 0.1) is 5.69 Å². The lowest BCUT2D eigenvalue weighted by Crippen LogP contribution is -2.24. The van der Waals surface area contributed by atoms with Crippen molar-refractivity contribution in [3.05, 3.63) is 46.0 Å². The monoisotopic (exact) mass is 245 g/mol. The van der Waals surface area contributed by atoms with Gasteiger partial charge in [0.2, 0.25) is 0 Å². The molecule has 0 aliphatic heterocycles. The van der Waals surface area contributed by atoms with Crippen LogP contribution >= 0.6 is 0 Å². The molecule has 2 aromatic heterocycles. The molecule has 2 rings (SSSR count). The fourth-order valence-corrected chi connectivity index (χ4v) is 2.14. The first-order chi connectivity index (χ1) is 8.49. The molecule has 0 bridgehead atoms. The molecule has 4 nitrogen and oxygen atoms in total. The summed E-state index contributed by atoms with van der Waals surface area (Å²) in [6.07, 6.45) is 2.60. The van der Waals surface area contributed by atoms with Gasteiger partial charge in [-0.2, -0.15) is 5.10 Å². The molecule has 0 fully saturated rings.